The van der Waals surface area contributed by atoms with E-state index in [-0.39, 0.29) is 5.54 Å². The van der Waals surface area contributed by atoms with E-state index >= 15 is 0 Å². The topological polar surface area (TPSA) is 63.8 Å². The first-order chi connectivity index (χ1) is 12.0. The average molecular weight is 330 g/mol. The first-order valence-electron chi connectivity index (χ1n) is 8.18. The van der Waals surface area contributed by atoms with E-state index in [2.05, 4.69) is 48.1 Å². The first kappa shape index (κ1) is 16.7. The predicted molar refractivity (Wildman–Crippen MR) is 104 cm³/mol. The van der Waals surface area contributed by atoms with E-state index in [0.29, 0.717) is 5.70 Å². The van der Waals surface area contributed by atoms with Gasteiger partial charge in [0.25, 0.3) is 0 Å². The van der Waals surface area contributed by atoms with Crippen LogP contribution >= 0.6 is 0 Å². The lowest BCUT2D eigenvalue weighted by Gasteiger charge is -2.27. The molecule has 126 valence electrons. The van der Waals surface area contributed by atoms with Gasteiger partial charge in [-0.15, -0.1) is 10.2 Å². The van der Waals surface area contributed by atoms with E-state index in [9.17, 15) is 0 Å². The quantitative estimate of drug-likeness (QED) is 0.727. The summed E-state index contributed by atoms with van der Waals surface area (Å²) in [6.45, 7) is 8.01. The van der Waals surface area contributed by atoms with Crippen molar-refractivity contribution in [2.75, 3.05) is 5.32 Å². The number of anilines is 1. The van der Waals surface area contributed by atoms with Crippen molar-refractivity contribution in [1.29, 1.82) is 0 Å². The Hall–Kier alpha value is -3.14. The Morgan fingerprint density at radius 1 is 0.960 bits per heavy atom. The number of rotatable bonds is 5. The van der Waals surface area contributed by atoms with E-state index in [1.54, 1.807) is 0 Å². The maximum absolute atomic E-state index is 5.77. The molecule has 3 aromatic rings. The number of hydrogen-bond acceptors (Lipinski definition) is 4. The molecule has 0 radical (unpaired) electrons. The lowest BCUT2D eigenvalue weighted by Crippen LogP contribution is -2.28. The molecular weight excluding hydrogens is 308 g/mol. The van der Waals surface area contributed by atoms with Gasteiger partial charge in [-0.3, -0.25) is 0 Å². The summed E-state index contributed by atoms with van der Waals surface area (Å²) in [5.41, 5.74) is 9.91. The molecule has 0 saturated carbocycles. The Labute approximate surface area is 148 Å². The van der Waals surface area contributed by atoms with E-state index in [4.69, 9.17) is 5.73 Å². The number of nitrogens with one attached hydrogen (secondary N) is 1. The van der Waals surface area contributed by atoms with Crippen LogP contribution in [0.15, 0.2) is 73.3 Å². The van der Waals surface area contributed by atoms with E-state index in [1.807, 2.05) is 54.6 Å². The largest absolute Gasteiger partial charge is 0.399 e. The second-order valence-electron chi connectivity index (χ2n) is 6.53. The van der Waals surface area contributed by atoms with Gasteiger partial charge in [-0.25, -0.2) is 0 Å². The van der Waals surface area contributed by atoms with Crippen LogP contribution in [0.1, 0.15) is 25.0 Å². The van der Waals surface area contributed by atoms with Crippen LogP contribution in [-0.2, 0) is 5.54 Å². The molecule has 0 aliphatic heterocycles. The molecular formula is C21H22N4. The highest BCUT2D eigenvalue weighted by Crippen LogP contribution is 2.25. The third kappa shape index (κ3) is 3.86. The number of nitrogens with zero attached hydrogens (tertiary/aromatic N) is 2. The molecule has 0 aliphatic carbocycles. The maximum Gasteiger partial charge on any atom is 0.149 e. The minimum atomic E-state index is -0.241. The Kier molecular flexibility index (Phi) is 4.52. The summed E-state index contributed by atoms with van der Waals surface area (Å²) >= 11 is 0. The lowest BCUT2D eigenvalue weighted by molar-refractivity contribution is 0.604. The van der Waals surface area contributed by atoms with Crippen molar-refractivity contribution < 1.29 is 0 Å². The molecule has 0 fully saturated rings. The summed E-state index contributed by atoms with van der Waals surface area (Å²) in [7, 11) is 0. The second-order valence-corrected chi connectivity index (χ2v) is 6.53. The highest BCUT2D eigenvalue weighted by molar-refractivity contribution is 5.68. The van der Waals surface area contributed by atoms with Crippen LogP contribution in [0.2, 0.25) is 0 Å². The third-order valence-electron chi connectivity index (χ3n) is 4.13. The molecule has 3 N–H and O–H groups in total. The van der Waals surface area contributed by atoms with Crippen LogP contribution < -0.4 is 11.1 Å². The normalized spacial score (nSPS) is 11.1. The van der Waals surface area contributed by atoms with Gasteiger partial charge < -0.3 is 11.1 Å². The molecule has 1 heterocycles. The third-order valence-corrected chi connectivity index (χ3v) is 4.13. The first-order valence-corrected chi connectivity index (χ1v) is 8.18. The standard InChI is InChI=1S/C21H22N4/c1-15(22)16-8-7-9-17(14-16)19-12-13-20(25-24-19)23-21(2,3)18-10-5-4-6-11-18/h4-14H,1,22H2,2-3H3,(H,23,25). The monoisotopic (exact) mass is 330 g/mol. The Balaban J connectivity index is 1.81. The number of hydrogen-bond donors (Lipinski definition) is 2. The summed E-state index contributed by atoms with van der Waals surface area (Å²) in [5.74, 6) is 0.733. The molecule has 25 heavy (non-hydrogen) atoms. The Bertz CT molecular complexity index is 868. The van der Waals surface area contributed by atoms with Crippen molar-refractivity contribution in [2.24, 2.45) is 5.73 Å². The highest BCUT2D eigenvalue weighted by atomic mass is 15.2. The fraction of sp³-hybridized carbons (Fsp3) is 0.143. The van der Waals surface area contributed by atoms with Gasteiger partial charge in [0, 0.05) is 11.3 Å². The summed E-state index contributed by atoms with van der Waals surface area (Å²) in [6, 6.07) is 22.0. The molecule has 0 spiro atoms. The van der Waals surface area contributed by atoms with Gasteiger partial charge in [0.05, 0.1) is 11.2 Å². The van der Waals surface area contributed by atoms with E-state index in [1.165, 1.54) is 5.56 Å². The highest BCUT2D eigenvalue weighted by Gasteiger charge is 2.20. The summed E-state index contributed by atoms with van der Waals surface area (Å²) in [5, 5.41) is 12.1. The maximum atomic E-state index is 5.77. The van der Waals surface area contributed by atoms with Crippen LogP contribution in [0.3, 0.4) is 0 Å². The molecule has 3 rings (SSSR count). The number of benzene rings is 2. The summed E-state index contributed by atoms with van der Waals surface area (Å²) in [6.07, 6.45) is 0. The molecule has 0 aliphatic rings. The zero-order valence-corrected chi connectivity index (χ0v) is 14.5. The van der Waals surface area contributed by atoms with Gasteiger partial charge in [-0.2, -0.15) is 0 Å². The van der Waals surface area contributed by atoms with Crippen molar-refractivity contribution in [3.05, 3.63) is 84.4 Å². The van der Waals surface area contributed by atoms with Crippen LogP contribution in [0.25, 0.3) is 17.0 Å². The molecule has 4 heteroatoms. The molecule has 0 saturated heterocycles. The van der Waals surface area contributed by atoms with Crippen molar-refractivity contribution in [1.82, 2.24) is 10.2 Å². The minimum Gasteiger partial charge on any atom is -0.399 e. The predicted octanol–water partition coefficient (Wildman–Crippen LogP) is 4.42. The summed E-state index contributed by atoms with van der Waals surface area (Å²) < 4.78 is 0. The van der Waals surface area contributed by atoms with Crippen molar-refractivity contribution in [3.63, 3.8) is 0 Å². The molecule has 0 amide bonds. The molecule has 2 aromatic carbocycles. The van der Waals surface area contributed by atoms with Crippen LogP contribution in [0.5, 0.6) is 0 Å². The molecule has 4 nitrogen and oxygen atoms in total. The zero-order chi connectivity index (χ0) is 17.9. The molecule has 0 unspecified atom stereocenters. The number of nitrogens with two attached hydrogens (primary N) is 1. The van der Waals surface area contributed by atoms with Crippen LogP contribution in [0, 0.1) is 0 Å². The van der Waals surface area contributed by atoms with Crippen molar-refractivity contribution in [3.8, 4) is 11.3 Å². The lowest BCUT2D eigenvalue weighted by atomic mass is 9.94. The van der Waals surface area contributed by atoms with Gasteiger partial charge in [-0.05, 0) is 43.2 Å². The van der Waals surface area contributed by atoms with E-state index < -0.39 is 0 Å². The SMILES string of the molecule is C=C(N)c1cccc(-c2ccc(NC(C)(C)c3ccccc3)nn2)c1. The molecule has 1 aromatic heterocycles. The van der Waals surface area contributed by atoms with Crippen molar-refractivity contribution >= 4 is 11.5 Å². The smallest absolute Gasteiger partial charge is 0.149 e. The minimum absolute atomic E-state index is 0.241. The Morgan fingerprint density at radius 2 is 1.72 bits per heavy atom. The van der Waals surface area contributed by atoms with Gasteiger partial charge in [-0.1, -0.05) is 55.1 Å². The fourth-order valence-corrected chi connectivity index (χ4v) is 2.68. The van der Waals surface area contributed by atoms with Gasteiger partial charge >= 0.3 is 0 Å². The second kappa shape index (κ2) is 6.77. The van der Waals surface area contributed by atoms with Crippen molar-refractivity contribution in [2.45, 2.75) is 19.4 Å². The Morgan fingerprint density at radius 3 is 2.36 bits per heavy atom. The fourth-order valence-electron chi connectivity index (χ4n) is 2.68. The zero-order valence-electron chi connectivity index (χ0n) is 14.5. The average Bonchev–Trinajstić information content (AvgIpc) is 2.63. The van der Waals surface area contributed by atoms with Crippen LogP contribution in [0.4, 0.5) is 5.82 Å². The molecule has 0 atom stereocenters. The van der Waals surface area contributed by atoms with Gasteiger partial charge in [0.15, 0.2) is 0 Å². The van der Waals surface area contributed by atoms with E-state index in [0.717, 1.165) is 22.6 Å². The molecule has 0 bridgehead atoms. The summed E-state index contributed by atoms with van der Waals surface area (Å²) in [4.78, 5) is 0. The number of aromatic nitrogens is 2. The van der Waals surface area contributed by atoms with Crippen LogP contribution in [-0.4, -0.2) is 10.2 Å². The van der Waals surface area contributed by atoms with Gasteiger partial charge in [0.1, 0.15) is 5.82 Å². The van der Waals surface area contributed by atoms with Gasteiger partial charge in [0.2, 0.25) is 0 Å².